The van der Waals surface area contributed by atoms with Crippen molar-refractivity contribution >= 4 is 5.91 Å². The van der Waals surface area contributed by atoms with Crippen molar-refractivity contribution in [3.63, 3.8) is 0 Å². The predicted molar refractivity (Wildman–Crippen MR) is 112 cm³/mol. The van der Waals surface area contributed by atoms with Crippen LogP contribution in [0.2, 0.25) is 0 Å². The Morgan fingerprint density at radius 2 is 2.14 bits per heavy atom. The van der Waals surface area contributed by atoms with Crippen LogP contribution in [0.15, 0.2) is 48.8 Å². The van der Waals surface area contributed by atoms with Crippen molar-refractivity contribution in [2.75, 3.05) is 26.3 Å². The van der Waals surface area contributed by atoms with Gasteiger partial charge in [-0.05, 0) is 69.2 Å². The molecule has 0 bridgehead atoms. The van der Waals surface area contributed by atoms with Crippen molar-refractivity contribution in [3.8, 4) is 5.75 Å². The van der Waals surface area contributed by atoms with Crippen LogP contribution in [-0.2, 0) is 4.74 Å². The summed E-state index contributed by atoms with van der Waals surface area (Å²) in [6.45, 7) is 5.08. The first-order valence-electron chi connectivity index (χ1n) is 10.7. The molecule has 2 aromatic rings. The lowest BCUT2D eigenvalue weighted by atomic mass is 9.78. The first kappa shape index (κ1) is 19.9. The molecule has 0 radical (unpaired) electrons. The van der Waals surface area contributed by atoms with E-state index in [0.717, 1.165) is 68.7 Å². The quantitative estimate of drug-likeness (QED) is 0.760. The molecule has 1 amide bonds. The number of amides is 1. The highest BCUT2D eigenvalue weighted by Gasteiger charge is 2.41. The predicted octanol–water partition coefficient (Wildman–Crippen LogP) is 4.26. The van der Waals surface area contributed by atoms with Gasteiger partial charge in [0.1, 0.15) is 5.75 Å². The van der Waals surface area contributed by atoms with E-state index in [-0.39, 0.29) is 11.5 Å². The molecule has 5 heteroatoms. The molecule has 154 valence electrons. The second-order valence-corrected chi connectivity index (χ2v) is 8.38. The molecule has 2 fully saturated rings. The van der Waals surface area contributed by atoms with Crippen LogP contribution in [0, 0.1) is 12.8 Å². The highest BCUT2D eigenvalue weighted by Crippen LogP contribution is 2.39. The Hall–Kier alpha value is -2.40. The molecule has 0 aliphatic carbocycles. The van der Waals surface area contributed by atoms with Gasteiger partial charge in [-0.25, -0.2) is 0 Å². The van der Waals surface area contributed by atoms with Crippen LogP contribution in [-0.4, -0.2) is 47.7 Å². The summed E-state index contributed by atoms with van der Waals surface area (Å²) in [6, 6.07) is 11.7. The number of carbonyl (C=O) groups is 1. The minimum Gasteiger partial charge on any atom is -0.492 e. The van der Waals surface area contributed by atoms with Crippen LogP contribution < -0.4 is 4.74 Å². The van der Waals surface area contributed by atoms with Crippen molar-refractivity contribution in [3.05, 3.63) is 59.9 Å². The topological polar surface area (TPSA) is 51.7 Å². The van der Waals surface area contributed by atoms with Crippen LogP contribution in [0.25, 0.3) is 0 Å². The molecule has 1 aromatic heterocycles. The minimum absolute atomic E-state index is 0.0688. The molecule has 0 N–H and O–H groups in total. The fourth-order valence-corrected chi connectivity index (χ4v) is 4.58. The highest BCUT2D eigenvalue weighted by molar-refractivity contribution is 5.94. The first-order valence-corrected chi connectivity index (χ1v) is 10.7. The van der Waals surface area contributed by atoms with Gasteiger partial charge in [-0.3, -0.25) is 9.78 Å². The van der Waals surface area contributed by atoms with E-state index in [9.17, 15) is 4.79 Å². The Bertz CT molecular complexity index is 816. The summed E-state index contributed by atoms with van der Waals surface area (Å²) in [6.07, 6.45) is 8.54. The standard InChI is InChI=1S/C24H30N2O3/c1-19-4-2-5-21(16-19)23(27)26-12-9-24(10-13-26)17-20(8-15-29-24)7-14-28-22-6-3-11-25-18-22/h2-6,11,16,18,20H,7-10,12-15,17H2,1H3. The molecule has 5 nitrogen and oxygen atoms in total. The summed E-state index contributed by atoms with van der Waals surface area (Å²) in [5.74, 6) is 1.58. The van der Waals surface area contributed by atoms with Crippen molar-refractivity contribution in [2.24, 2.45) is 5.92 Å². The third-order valence-corrected chi connectivity index (χ3v) is 6.25. The number of nitrogens with zero attached hydrogens (tertiary/aromatic N) is 2. The maximum absolute atomic E-state index is 12.8. The van der Waals surface area contributed by atoms with E-state index < -0.39 is 0 Å². The summed E-state index contributed by atoms with van der Waals surface area (Å²) >= 11 is 0. The second kappa shape index (κ2) is 8.95. The summed E-state index contributed by atoms with van der Waals surface area (Å²) in [4.78, 5) is 18.9. The Kier molecular flexibility index (Phi) is 6.14. The molecule has 2 saturated heterocycles. The summed E-state index contributed by atoms with van der Waals surface area (Å²) in [7, 11) is 0. The minimum atomic E-state index is -0.0688. The van der Waals surface area contributed by atoms with E-state index >= 15 is 0 Å². The van der Waals surface area contributed by atoms with Crippen molar-refractivity contribution in [1.82, 2.24) is 9.88 Å². The van der Waals surface area contributed by atoms with E-state index in [0.29, 0.717) is 12.5 Å². The number of ether oxygens (including phenoxy) is 2. The highest BCUT2D eigenvalue weighted by atomic mass is 16.5. The summed E-state index contributed by atoms with van der Waals surface area (Å²) in [5, 5.41) is 0. The maximum Gasteiger partial charge on any atom is 0.253 e. The summed E-state index contributed by atoms with van der Waals surface area (Å²) < 4.78 is 12.1. The molecular formula is C24H30N2O3. The number of benzene rings is 1. The second-order valence-electron chi connectivity index (χ2n) is 8.38. The molecule has 1 atom stereocenters. The zero-order chi connectivity index (χ0) is 20.1. The molecule has 1 unspecified atom stereocenters. The third kappa shape index (κ3) is 4.96. The number of likely N-dealkylation sites (tertiary alicyclic amines) is 1. The number of pyridine rings is 1. The van der Waals surface area contributed by atoms with Gasteiger partial charge < -0.3 is 14.4 Å². The molecule has 2 aliphatic rings. The van der Waals surface area contributed by atoms with E-state index in [1.165, 1.54) is 0 Å². The maximum atomic E-state index is 12.8. The fourth-order valence-electron chi connectivity index (χ4n) is 4.58. The number of aryl methyl sites for hydroxylation is 1. The molecular weight excluding hydrogens is 364 g/mol. The van der Waals surface area contributed by atoms with Gasteiger partial charge in [-0.1, -0.05) is 17.7 Å². The average molecular weight is 395 g/mol. The lowest BCUT2D eigenvalue weighted by Crippen LogP contribution is -2.50. The Balaban J connectivity index is 1.28. The normalized spacial score (nSPS) is 21.1. The molecule has 29 heavy (non-hydrogen) atoms. The number of hydrogen-bond donors (Lipinski definition) is 0. The van der Waals surface area contributed by atoms with Gasteiger partial charge in [0.05, 0.1) is 18.4 Å². The first-order chi connectivity index (χ1) is 14.1. The number of piperidine rings is 1. The molecule has 2 aliphatic heterocycles. The Morgan fingerprint density at radius 3 is 2.90 bits per heavy atom. The average Bonchev–Trinajstić information content (AvgIpc) is 2.75. The van der Waals surface area contributed by atoms with Gasteiger partial charge in [0.25, 0.3) is 5.91 Å². The van der Waals surface area contributed by atoms with E-state index in [4.69, 9.17) is 9.47 Å². The number of carbonyl (C=O) groups excluding carboxylic acids is 1. The lowest BCUT2D eigenvalue weighted by molar-refractivity contribution is -0.125. The molecule has 4 rings (SSSR count). The molecule has 0 saturated carbocycles. The number of rotatable bonds is 5. The Labute approximate surface area is 173 Å². The number of aromatic nitrogens is 1. The van der Waals surface area contributed by atoms with Crippen LogP contribution in [0.5, 0.6) is 5.75 Å². The van der Waals surface area contributed by atoms with Gasteiger partial charge in [0.2, 0.25) is 0 Å². The zero-order valence-corrected chi connectivity index (χ0v) is 17.2. The molecule has 1 aromatic carbocycles. The van der Waals surface area contributed by atoms with Crippen molar-refractivity contribution in [1.29, 1.82) is 0 Å². The smallest absolute Gasteiger partial charge is 0.253 e. The van der Waals surface area contributed by atoms with Crippen LogP contribution in [0.4, 0.5) is 0 Å². The number of hydrogen-bond acceptors (Lipinski definition) is 4. The van der Waals surface area contributed by atoms with E-state index in [2.05, 4.69) is 4.98 Å². The van der Waals surface area contributed by atoms with Gasteiger partial charge in [-0.15, -0.1) is 0 Å². The summed E-state index contributed by atoms with van der Waals surface area (Å²) in [5.41, 5.74) is 1.84. The molecule has 1 spiro atoms. The van der Waals surface area contributed by atoms with Crippen LogP contribution >= 0.6 is 0 Å². The molecule has 3 heterocycles. The lowest BCUT2D eigenvalue weighted by Gasteiger charge is -2.46. The van der Waals surface area contributed by atoms with Crippen LogP contribution in [0.1, 0.15) is 48.0 Å². The Morgan fingerprint density at radius 1 is 1.28 bits per heavy atom. The van der Waals surface area contributed by atoms with Crippen LogP contribution in [0.3, 0.4) is 0 Å². The van der Waals surface area contributed by atoms with E-state index in [1.807, 2.05) is 48.2 Å². The fraction of sp³-hybridized carbons (Fsp3) is 0.500. The van der Waals surface area contributed by atoms with Crippen molar-refractivity contribution < 1.29 is 14.3 Å². The largest absolute Gasteiger partial charge is 0.492 e. The SMILES string of the molecule is Cc1cccc(C(=O)N2CCC3(CC2)CC(CCOc2cccnc2)CCO3)c1. The van der Waals surface area contributed by atoms with Gasteiger partial charge in [0.15, 0.2) is 0 Å². The van der Waals surface area contributed by atoms with Gasteiger partial charge in [0, 0.05) is 31.5 Å². The van der Waals surface area contributed by atoms with Gasteiger partial charge >= 0.3 is 0 Å². The monoisotopic (exact) mass is 394 g/mol. The third-order valence-electron chi connectivity index (χ3n) is 6.25. The van der Waals surface area contributed by atoms with E-state index in [1.54, 1.807) is 12.4 Å². The van der Waals surface area contributed by atoms with Gasteiger partial charge in [-0.2, -0.15) is 0 Å². The zero-order valence-electron chi connectivity index (χ0n) is 17.2. The van der Waals surface area contributed by atoms with Crippen molar-refractivity contribution in [2.45, 2.75) is 44.6 Å².